The number of amides is 1. The molecule has 0 aliphatic heterocycles. The molecule has 0 fully saturated rings. The number of rotatable bonds is 8. The van der Waals surface area contributed by atoms with Crippen molar-refractivity contribution in [1.82, 2.24) is 10.2 Å². The van der Waals surface area contributed by atoms with Gasteiger partial charge in [-0.05, 0) is 64.6 Å². The number of fused-ring (bicyclic) bond motifs is 3. The lowest BCUT2D eigenvalue weighted by molar-refractivity contribution is -0.127. The zero-order valence-corrected chi connectivity index (χ0v) is 24.5. The molecule has 0 saturated heterocycles. The summed E-state index contributed by atoms with van der Waals surface area (Å²) in [5.41, 5.74) is 3.18. The third-order valence-corrected chi connectivity index (χ3v) is 6.13. The number of hydrogen-bond donors (Lipinski definition) is 1. The minimum atomic E-state index is -0.277. The molecule has 0 bridgehead atoms. The summed E-state index contributed by atoms with van der Waals surface area (Å²) in [7, 11) is 1.71. The van der Waals surface area contributed by atoms with Crippen LogP contribution in [0.3, 0.4) is 0 Å². The van der Waals surface area contributed by atoms with Gasteiger partial charge in [0.25, 0.3) is 5.91 Å². The van der Waals surface area contributed by atoms with Crippen LogP contribution in [0.1, 0.15) is 60.1 Å². The van der Waals surface area contributed by atoms with Crippen LogP contribution in [-0.2, 0) is 14.3 Å². The molecule has 1 N–H and O–H groups in total. The number of furan rings is 1. The SMILES string of the molecule is C=C(SC)N(CC=O)C(=O)/C(=C\C)NC(C)c1ccc2oc3ccccc3c2c1.CC.COC(C)(C)C. The Balaban J connectivity index is 0.000000752. The van der Waals surface area contributed by atoms with Crippen LogP contribution in [-0.4, -0.2) is 42.6 Å². The maximum Gasteiger partial charge on any atom is 0.274 e. The molecule has 1 unspecified atom stereocenters. The Hall–Kier alpha value is -3.03. The highest BCUT2D eigenvalue weighted by molar-refractivity contribution is 8.02. The molecule has 0 saturated carbocycles. The van der Waals surface area contributed by atoms with Gasteiger partial charge in [0.1, 0.15) is 17.5 Å². The molecule has 0 radical (unpaired) electrons. The van der Waals surface area contributed by atoms with Crippen molar-refractivity contribution < 1.29 is 18.7 Å². The molecule has 0 spiro atoms. The van der Waals surface area contributed by atoms with Gasteiger partial charge in [0.2, 0.25) is 0 Å². The number of carbonyl (C=O) groups is 2. The second kappa shape index (κ2) is 15.3. The third-order valence-electron chi connectivity index (χ3n) is 5.44. The fraction of sp³-hybridized carbons (Fsp3) is 0.400. The lowest BCUT2D eigenvalue weighted by atomic mass is 10.0. The quantitative estimate of drug-likeness (QED) is 0.243. The normalized spacial score (nSPS) is 12.1. The van der Waals surface area contributed by atoms with Gasteiger partial charge in [0, 0.05) is 23.9 Å². The Bertz CT molecular complexity index is 1210. The van der Waals surface area contributed by atoms with Crippen molar-refractivity contribution in [2.75, 3.05) is 19.9 Å². The Kier molecular flexibility index (Phi) is 13.2. The second-order valence-corrected chi connectivity index (χ2v) is 9.80. The van der Waals surface area contributed by atoms with E-state index in [4.69, 9.17) is 9.15 Å². The van der Waals surface area contributed by atoms with Crippen LogP contribution >= 0.6 is 11.8 Å². The Morgan fingerprint density at radius 2 is 1.76 bits per heavy atom. The number of nitrogens with one attached hydrogen (secondary N) is 1. The smallest absolute Gasteiger partial charge is 0.274 e. The van der Waals surface area contributed by atoms with Gasteiger partial charge >= 0.3 is 0 Å². The van der Waals surface area contributed by atoms with E-state index < -0.39 is 0 Å². The van der Waals surface area contributed by atoms with E-state index in [2.05, 4.69) is 18.0 Å². The first kappa shape index (κ1) is 32.0. The lowest BCUT2D eigenvalue weighted by Crippen LogP contribution is -2.37. The van der Waals surface area contributed by atoms with Crippen LogP contribution in [0.2, 0.25) is 0 Å². The van der Waals surface area contributed by atoms with E-state index in [9.17, 15) is 9.59 Å². The molecular weight excluding hydrogens is 484 g/mol. The molecule has 0 aliphatic carbocycles. The van der Waals surface area contributed by atoms with Gasteiger partial charge in [-0.25, -0.2) is 0 Å². The predicted molar refractivity (Wildman–Crippen MR) is 158 cm³/mol. The summed E-state index contributed by atoms with van der Waals surface area (Å²) < 4.78 is 10.8. The van der Waals surface area contributed by atoms with Gasteiger partial charge in [-0.1, -0.05) is 50.8 Å². The number of carbonyl (C=O) groups excluding carboxylic acids is 2. The fourth-order valence-corrected chi connectivity index (χ4v) is 3.60. The zero-order chi connectivity index (χ0) is 28.2. The number of aldehydes is 1. The molecule has 202 valence electrons. The Morgan fingerprint density at radius 3 is 2.30 bits per heavy atom. The van der Waals surface area contributed by atoms with E-state index in [0.29, 0.717) is 17.0 Å². The van der Waals surface area contributed by atoms with Gasteiger partial charge < -0.3 is 19.3 Å². The predicted octanol–water partition coefficient (Wildman–Crippen LogP) is 7.46. The first-order valence-electron chi connectivity index (χ1n) is 12.4. The first-order chi connectivity index (χ1) is 17.6. The lowest BCUT2D eigenvalue weighted by Gasteiger charge is -2.25. The van der Waals surface area contributed by atoms with Gasteiger partial charge in [-0.3, -0.25) is 9.69 Å². The van der Waals surface area contributed by atoms with Crippen LogP contribution in [0.25, 0.3) is 21.9 Å². The van der Waals surface area contributed by atoms with Gasteiger partial charge in [-0.15, -0.1) is 11.8 Å². The van der Waals surface area contributed by atoms with Gasteiger partial charge in [-0.2, -0.15) is 0 Å². The van der Waals surface area contributed by atoms with E-state index in [1.54, 1.807) is 20.1 Å². The summed E-state index contributed by atoms with van der Waals surface area (Å²) >= 11 is 1.33. The number of hydrogen-bond acceptors (Lipinski definition) is 6. The van der Waals surface area contributed by atoms with E-state index in [1.807, 2.05) is 84.2 Å². The number of thioether (sulfide) groups is 1. The molecule has 1 amide bonds. The standard InChI is InChI=1S/C23H24N2O3S.C5H12O.C2H6/c1-5-20(23(27)25(12-13-26)16(3)29-4)24-15(2)17-10-11-22-19(14-17)18-8-6-7-9-21(18)28-22;1-5(2,3)6-4;1-2/h5-11,13-15,24H,3,12H2,1-2,4H3;1-4H3;1-2H3/b20-5+;;. The van der Waals surface area contributed by atoms with Crippen molar-refractivity contribution in [2.45, 2.75) is 60.1 Å². The number of para-hydroxylation sites is 1. The Labute approximate surface area is 226 Å². The molecule has 2 aromatic carbocycles. The minimum Gasteiger partial charge on any atom is -0.456 e. The molecular formula is C30H42N2O4S. The number of nitrogens with zero attached hydrogens (tertiary/aromatic N) is 1. The maximum absolute atomic E-state index is 12.9. The van der Waals surface area contributed by atoms with Crippen LogP contribution in [0.5, 0.6) is 0 Å². The van der Waals surface area contributed by atoms with Crippen molar-refractivity contribution in [1.29, 1.82) is 0 Å². The number of ether oxygens (including phenoxy) is 1. The molecule has 1 heterocycles. The van der Waals surface area contributed by atoms with Gasteiger partial charge in [0.15, 0.2) is 0 Å². The highest BCUT2D eigenvalue weighted by atomic mass is 32.2. The van der Waals surface area contributed by atoms with Crippen LogP contribution in [0.15, 0.2) is 70.3 Å². The van der Waals surface area contributed by atoms with Crippen molar-refractivity contribution in [3.8, 4) is 0 Å². The van der Waals surface area contributed by atoms with E-state index in [1.165, 1.54) is 16.7 Å². The van der Waals surface area contributed by atoms with Crippen molar-refractivity contribution in [3.05, 3.63) is 71.4 Å². The molecule has 7 heteroatoms. The monoisotopic (exact) mass is 526 g/mol. The molecule has 6 nitrogen and oxygen atoms in total. The molecule has 1 aromatic heterocycles. The average Bonchev–Trinajstić information content (AvgIpc) is 3.28. The topological polar surface area (TPSA) is 71.8 Å². The van der Waals surface area contributed by atoms with Crippen molar-refractivity contribution in [3.63, 3.8) is 0 Å². The zero-order valence-electron chi connectivity index (χ0n) is 23.7. The number of allylic oxidation sites excluding steroid dienone is 1. The molecule has 3 rings (SSSR count). The summed E-state index contributed by atoms with van der Waals surface area (Å²) in [5, 5.41) is 5.91. The van der Waals surface area contributed by atoms with Crippen LogP contribution in [0, 0.1) is 0 Å². The number of methoxy groups -OCH3 is 1. The average molecular weight is 527 g/mol. The van der Waals surface area contributed by atoms with Crippen molar-refractivity contribution >= 4 is 45.9 Å². The highest BCUT2D eigenvalue weighted by Crippen LogP contribution is 2.31. The molecule has 3 aromatic rings. The summed E-state index contributed by atoms with van der Waals surface area (Å²) in [6.45, 7) is 17.7. The highest BCUT2D eigenvalue weighted by Gasteiger charge is 2.21. The summed E-state index contributed by atoms with van der Waals surface area (Å²) in [5.74, 6) is -0.277. The maximum atomic E-state index is 12.9. The molecule has 37 heavy (non-hydrogen) atoms. The molecule has 0 aliphatic rings. The van der Waals surface area contributed by atoms with E-state index in [0.717, 1.165) is 27.5 Å². The van der Waals surface area contributed by atoms with E-state index in [-0.39, 0.29) is 24.1 Å². The van der Waals surface area contributed by atoms with Crippen molar-refractivity contribution in [2.24, 2.45) is 0 Å². The fourth-order valence-electron chi connectivity index (χ4n) is 3.23. The molecule has 1 atom stereocenters. The van der Waals surface area contributed by atoms with E-state index >= 15 is 0 Å². The van der Waals surface area contributed by atoms with Crippen LogP contribution < -0.4 is 5.32 Å². The largest absolute Gasteiger partial charge is 0.456 e. The summed E-state index contributed by atoms with van der Waals surface area (Å²) in [6.07, 6.45) is 4.24. The summed E-state index contributed by atoms with van der Waals surface area (Å²) in [6, 6.07) is 13.8. The second-order valence-electron chi connectivity index (χ2n) is 8.92. The van der Waals surface area contributed by atoms with Gasteiger partial charge in [0.05, 0.1) is 22.9 Å². The minimum absolute atomic E-state index is 0.0289. The number of benzene rings is 2. The third kappa shape index (κ3) is 9.09. The van der Waals surface area contributed by atoms with Crippen LogP contribution in [0.4, 0.5) is 0 Å². The summed E-state index contributed by atoms with van der Waals surface area (Å²) in [4.78, 5) is 25.3. The first-order valence-corrected chi connectivity index (χ1v) is 13.7. The Morgan fingerprint density at radius 1 is 1.16 bits per heavy atom.